The number of hydrogen-bond donors (Lipinski definition) is 4. The van der Waals surface area contributed by atoms with Gasteiger partial charge in [0, 0.05) is 13.1 Å². The van der Waals surface area contributed by atoms with Gasteiger partial charge in [-0.25, -0.2) is 9.80 Å². The SMILES string of the molecule is NN(Cc1ccccc1)C[C@@H](O)[C@H](Cc1ccccc1)NC(=O)O. The van der Waals surface area contributed by atoms with E-state index >= 15 is 0 Å². The number of aliphatic hydroxyl groups excluding tert-OH is 1. The lowest BCUT2D eigenvalue weighted by Gasteiger charge is -2.27. The predicted molar refractivity (Wildman–Crippen MR) is 92.1 cm³/mol. The number of hydrogen-bond acceptors (Lipinski definition) is 4. The van der Waals surface area contributed by atoms with Crippen molar-refractivity contribution in [2.75, 3.05) is 6.54 Å². The molecule has 0 unspecified atom stereocenters. The first-order valence-electron chi connectivity index (χ1n) is 7.79. The number of hydrazine groups is 1. The summed E-state index contributed by atoms with van der Waals surface area (Å²) in [5.74, 6) is 5.97. The van der Waals surface area contributed by atoms with E-state index in [0.717, 1.165) is 11.1 Å². The first-order valence-corrected chi connectivity index (χ1v) is 7.79. The number of amides is 1. The van der Waals surface area contributed by atoms with E-state index in [0.29, 0.717) is 13.0 Å². The molecule has 0 saturated heterocycles. The number of carboxylic acid groups (broad SMARTS) is 1. The summed E-state index contributed by atoms with van der Waals surface area (Å²) in [5, 5.41) is 23.3. The lowest BCUT2D eigenvalue weighted by molar-refractivity contribution is 0.0746. The van der Waals surface area contributed by atoms with Crippen LogP contribution in [0.5, 0.6) is 0 Å². The van der Waals surface area contributed by atoms with E-state index in [-0.39, 0.29) is 6.54 Å². The quantitative estimate of drug-likeness (QED) is 0.435. The Labute approximate surface area is 141 Å². The summed E-state index contributed by atoms with van der Waals surface area (Å²) in [6.07, 6.45) is -1.69. The number of benzene rings is 2. The molecule has 24 heavy (non-hydrogen) atoms. The minimum Gasteiger partial charge on any atom is -0.465 e. The van der Waals surface area contributed by atoms with Gasteiger partial charge in [-0.1, -0.05) is 60.7 Å². The fourth-order valence-corrected chi connectivity index (χ4v) is 2.56. The van der Waals surface area contributed by atoms with Gasteiger partial charge in [-0.05, 0) is 17.5 Å². The minimum atomic E-state index is -1.17. The fourth-order valence-electron chi connectivity index (χ4n) is 2.56. The Bertz CT molecular complexity index is 622. The third-order valence-electron chi connectivity index (χ3n) is 3.72. The first-order chi connectivity index (χ1) is 11.5. The molecule has 0 aliphatic rings. The number of carbonyl (C=O) groups is 1. The Morgan fingerprint density at radius 1 is 1.04 bits per heavy atom. The fraction of sp³-hybridized carbons (Fsp3) is 0.278. The molecule has 0 aliphatic heterocycles. The monoisotopic (exact) mass is 329 g/mol. The van der Waals surface area contributed by atoms with E-state index in [2.05, 4.69) is 5.32 Å². The van der Waals surface area contributed by atoms with E-state index in [1.54, 1.807) is 0 Å². The van der Waals surface area contributed by atoms with Crippen molar-refractivity contribution < 1.29 is 15.0 Å². The van der Waals surface area contributed by atoms with Gasteiger partial charge in [-0.2, -0.15) is 0 Å². The summed E-state index contributed by atoms with van der Waals surface area (Å²) in [6, 6.07) is 18.5. The van der Waals surface area contributed by atoms with Crippen molar-refractivity contribution in [3.05, 3.63) is 71.8 Å². The number of nitrogens with zero attached hydrogens (tertiary/aromatic N) is 1. The van der Waals surface area contributed by atoms with Crippen LogP contribution < -0.4 is 11.2 Å². The highest BCUT2D eigenvalue weighted by Gasteiger charge is 2.23. The zero-order valence-electron chi connectivity index (χ0n) is 13.4. The van der Waals surface area contributed by atoms with Crippen molar-refractivity contribution in [1.82, 2.24) is 10.3 Å². The highest BCUT2D eigenvalue weighted by molar-refractivity contribution is 5.65. The van der Waals surface area contributed by atoms with Crippen LogP contribution in [0, 0.1) is 0 Å². The van der Waals surface area contributed by atoms with Gasteiger partial charge in [0.2, 0.25) is 0 Å². The third-order valence-corrected chi connectivity index (χ3v) is 3.72. The lowest BCUT2D eigenvalue weighted by atomic mass is 10.0. The van der Waals surface area contributed by atoms with Crippen LogP contribution in [0.4, 0.5) is 4.79 Å². The van der Waals surface area contributed by atoms with Gasteiger partial charge in [0.05, 0.1) is 12.1 Å². The number of rotatable bonds is 8. The van der Waals surface area contributed by atoms with Crippen molar-refractivity contribution in [3.63, 3.8) is 0 Å². The molecule has 2 aromatic carbocycles. The number of aliphatic hydroxyl groups is 1. The number of nitrogens with two attached hydrogens (primary N) is 1. The molecule has 5 N–H and O–H groups in total. The average Bonchev–Trinajstić information content (AvgIpc) is 2.55. The van der Waals surface area contributed by atoms with Crippen LogP contribution in [0.3, 0.4) is 0 Å². The molecular weight excluding hydrogens is 306 g/mol. The zero-order valence-corrected chi connectivity index (χ0v) is 13.4. The average molecular weight is 329 g/mol. The maximum atomic E-state index is 11.0. The maximum absolute atomic E-state index is 11.0. The molecule has 1 amide bonds. The lowest BCUT2D eigenvalue weighted by Crippen LogP contribution is -2.50. The van der Waals surface area contributed by atoms with E-state index in [1.165, 1.54) is 5.01 Å². The standard InChI is InChI=1S/C18H23N3O3/c19-21(12-15-9-5-2-6-10-15)13-17(22)16(20-18(23)24)11-14-7-3-1-4-8-14/h1-10,16-17,20,22H,11-13,19H2,(H,23,24)/t16-,17+/m0/s1. The van der Waals surface area contributed by atoms with E-state index in [4.69, 9.17) is 10.9 Å². The van der Waals surface area contributed by atoms with E-state index in [1.807, 2.05) is 60.7 Å². The largest absolute Gasteiger partial charge is 0.465 e. The molecular formula is C18H23N3O3. The molecule has 0 fully saturated rings. The molecule has 0 spiro atoms. The molecule has 0 saturated carbocycles. The molecule has 0 aliphatic carbocycles. The molecule has 0 bridgehead atoms. The Morgan fingerprint density at radius 2 is 1.58 bits per heavy atom. The van der Waals surface area contributed by atoms with Crippen molar-refractivity contribution in [2.24, 2.45) is 5.84 Å². The highest BCUT2D eigenvalue weighted by atomic mass is 16.4. The minimum absolute atomic E-state index is 0.159. The summed E-state index contributed by atoms with van der Waals surface area (Å²) in [4.78, 5) is 11.0. The smallest absolute Gasteiger partial charge is 0.404 e. The Balaban J connectivity index is 1.96. The van der Waals surface area contributed by atoms with Gasteiger partial charge >= 0.3 is 6.09 Å². The van der Waals surface area contributed by atoms with E-state index < -0.39 is 18.2 Å². The van der Waals surface area contributed by atoms with E-state index in [9.17, 15) is 9.90 Å². The van der Waals surface area contributed by atoms with Crippen molar-refractivity contribution >= 4 is 6.09 Å². The van der Waals surface area contributed by atoms with Crippen LogP contribution in [-0.2, 0) is 13.0 Å². The molecule has 2 aromatic rings. The van der Waals surface area contributed by atoms with Crippen molar-refractivity contribution in [3.8, 4) is 0 Å². The van der Waals surface area contributed by atoms with Gasteiger partial charge < -0.3 is 15.5 Å². The second-order valence-electron chi connectivity index (χ2n) is 5.73. The summed E-state index contributed by atoms with van der Waals surface area (Å²) in [6.45, 7) is 0.635. The highest BCUT2D eigenvalue weighted by Crippen LogP contribution is 2.09. The third kappa shape index (κ3) is 6.00. The molecule has 0 heterocycles. The molecule has 6 heteroatoms. The summed E-state index contributed by atoms with van der Waals surface area (Å²) < 4.78 is 0. The summed E-state index contributed by atoms with van der Waals surface area (Å²) in [7, 11) is 0. The van der Waals surface area contributed by atoms with Crippen molar-refractivity contribution in [2.45, 2.75) is 25.1 Å². The molecule has 2 atom stereocenters. The molecule has 0 radical (unpaired) electrons. The van der Waals surface area contributed by atoms with Gasteiger partial charge in [0.25, 0.3) is 0 Å². The second kappa shape index (κ2) is 9.02. The number of nitrogens with one attached hydrogen (secondary N) is 1. The van der Waals surface area contributed by atoms with Gasteiger partial charge in [0.15, 0.2) is 0 Å². The van der Waals surface area contributed by atoms with Crippen molar-refractivity contribution in [1.29, 1.82) is 0 Å². The molecule has 0 aromatic heterocycles. The zero-order chi connectivity index (χ0) is 17.4. The maximum Gasteiger partial charge on any atom is 0.404 e. The molecule has 2 rings (SSSR count). The van der Waals surface area contributed by atoms with Crippen LogP contribution in [0.1, 0.15) is 11.1 Å². The van der Waals surface area contributed by atoms with Crippen LogP contribution >= 0.6 is 0 Å². The van der Waals surface area contributed by atoms with Crippen LogP contribution in [0.25, 0.3) is 0 Å². The molecule has 128 valence electrons. The predicted octanol–water partition coefficient (Wildman–Crippen LogP) is 1.60. The van der Waals surface area contributed by atoms with Crippen LogP contribution in [0.15, 0.2) is 60.7 Å². The van der Waals surface area contributed by atoms with Gasteiger partial charge in [0.1, 0.15) is 0 Å². The first kappa shape index (κ1) is 17.9. The van der Waals surface area contributed by atoms with Gasteiger partial charge in [-0.3, -0.25) is 5.84 Å². The molecule has 6 nitrogen and oxygen atoms in total. The topological polar surface area (TPSA) is 98.8 Å². The summed E-state index contributed by atoms with van der Waals surface area (Å²) in [5.41, 5.74) is 1.97. The Kier molecular flexibility index (Phi) is 6.74. The second-order valence-corrected chi connectivity index (χ2v) is 5.73. The normalized spacial score (nSPS) is 13.5. The Hall–Kier alpha value is -2.41. The van der Waals surface area contributed by atoms with Gasteiger partial charge in [-0.15, -0.1) is 0 Å². The Morgan fingerprint density at radius 3 is 2.12 bits per heavy atom. The summed E-state index contributed by atoms with van der Waals surface area (Å²) >= 11 is 0. The van der Waals surface area contributed by atoms with Crippen LogP contribution in [0.2, 0.25) is 0 Å². The van der Waals surface area contributed by atoms with Crippen LogP contribution in [-0.4, -0.2) is 40.0 Å².